The lowest BCUT2D eigenvalue weighted by molar-refractivity contribution is -0.117. The maximum Gasteiger partial charge on any atom is 0.321 e. The summed E-state index contributed by atoms with van der Waals surface area (Å²) in [5.74, 6) is 0.757. The molecule has 3 rings (SSSR count). The fourth-order valence-corrected chi connectivity index (χ4v) is 3.59. The maximum absolute atomic E-state index is 12.5. The first-order valence-electron chi connectivity index (χ1n) is 8.56. The zero-order valence-corrected chi connectivity index (χ0v) is 13.8. The molecule has 0 spiro atoms. The van der Waals surface area contributed by atoms with Gasteiger partial charge in [-0.2, -0.15) is 0 Å². The number of nitrogens with zero attached hydrogens (tertiary/aromatic N) is 2. The van der Waals surface area contributed by atoms with Crippen molar-refractivity contribution in [3.8, 4) is 0 Å². The van der Waals surface area contributed by atoms with Crippen molar-refractivity contribution >= 4 is 23.3 Å². The van der Waals surface area contributed by atoms with Gasteiger partial charge >= 0.3 is 6.03 Å². The molecule has 3 amide bonds. The summed E-state index contributed by atoms with van der Waals surface area (Å²) < 4.78 is 0. The Morgan fingerprint density at radius 3 is 2.70 bits per heavy atom. The maximum atomic E-state index is 12.5. The minimum Gasteiger partial charge on any atom is -0.327 e. The molecular formula is C18H25N3O2. The molecule has 1 saturated carbocycles. The van der Waals surface area contributed by atoms with Gasteiger partial charge in [-0.25, -0.2) is 4.79 Å². The van der Waals surface area contributed by atoms with Gasteiger partial charge in [0.25, 0.3) is 0 Å². The number of hydrogen-bond donors (Lipinski definition) is 1. The van der Waals surface area contributed by atoms with Crippen LogP contribution in [-0.2, 0) is 4.79 Å². The monoisotopic (exact) mass is 315 g/mol. The number of rotatable bonds is 4. The highest BCUT2D eigenvalue weighted by Crippen LogP contribution is 2.30. The van der Waals surface area contributed by atoms with Crippen LogP contribution in [0.1, 0.15) is 38.5 Å². The average Bonchev–Trinajstić information content (AvgIpc) is 3.19. The van der Waals surface area contributed by atoms with Crippen LogP contribution in [0.3, 0.4) is 0 Å². The smallest absolute Gasteiger partial charge is 0.321 e. The summed E-state index contributed by atoms with van der Waals surface area (Å²) in [6.45, 7) is 1.53. The van der Waals surface area contributed by atoms with Gasteiger partial charge in [-0.1, -0.05) is 25.0 Å². The molecule has 0 atom stereocenters. The Balaban J connectivity index is 1.67. The molecule has 1 saturated heterocycles. The molecule has 2 aliphatic rings. The fraction of sp³-hybridized carbons (Fsp3) is 0.556. The van der Waals surface area contributed by atoms with E-state index in [4.69, 9.17) is 0 Å². The number of carbonyl (C=O) groups excluding carboxylic acids is 2. The van der Waals surface area contributed by atoms with Crippen LogP contribution in [0.4, 0.5) is 16.2 Å². The van der Waals surface area contributed by atoms with E-state index in [0.29, 0.717) is 18.0 Å². The normalized spacial score (nSPS) is 18.5. The lowest BCUT2D eigenvalue weighted by Gasteiger charge is -2.24. The second kappa shape index (κ2) is 7.02. The molecular weight excluding hydrogens is 290 g/mol. The van der Waals surface area contributed by atoms with Crippen molar-refractivity contribution in [1.29, 1.82) is 0 Å². The van der Waals surface area contributed by atoms with Gasteiger partial charge in [0.15, 0.2) is 0 Å². The first-order chi connectivity index (χ1) is 11.1. The van der Waals surface area contributed by atoms with E-state index in [2.05, 4.69) is 5.32 Å². The zero-order chi connectivity index (χ0) is 16.2. The topological polar surface area (TPSA) is 52.7 Å². The van der Waals surface area contributed by atoms with Crippen molar-refractivity contribution < 1.29 is 9.59 Å². The Morgan fingerprint density at radius 2 is 2.00 bits per heavy atom. The molecule has 1 aliphatic carbocycles. The molecule has 2 fully saturated rings. The first kappa shape index (κ1) is 15.8. The summed E-state index contributed by atoms with van der Waals surface area (Å²) in [5, 5.41) is 2.97. The molecule has 1 aromatic carbocycles. The van der Waals surface area contributed by atoms with Gasteiger partial charge in [0.05, 0.1) is 11.4 Å². The van der Waals surface area contributed by atoms with Crippen LogP contribution in [0.25, 0.3) is 0 Å². The molecule has 0 radical (unpaired) electrons. The molecule has 5 heteroatoms. The Labute approximate surface area is 137 Å². The Morgan fingerprint density at radius 1 is 1.26 bits per heavy atom. The average molecular weight is 315 g/mol. The van der Waals surface area contributed by atoms with Crippen LogP contribution in [0, 0.1) is 5.92 Å². The second-order valence-corrected chi connectivity index (χ2v) is 6.63. The Hall–Kier alpha value is -2.04. The highest BCUT2D eigenvalue weighted by molar-refractivity contribution is 6.01. The molecule has 0 aromatic heterocycles. The van der Waals surface area contributed by atoms with Gasteiger partial charge in [-0.15, -0.1) is 0 Å². The van der Waals surface area contributed by atoms with E-state index in [-0.39, 0.29) is 11.9 Å². The van der Waals surface area contributed by atoms with Crippen LogP contribution >= 0.6 is 0 Å². The van der Waals surface area contributed by atoms with Crippen molar-refractivity contribution in [2.45, 2.75) is 38.5 Å². The SMILES string of the molecule is CN(CC1CCCC1)C(=O)Nc1ccccc1N1CCCC1=O. The highest BCUT2D eigenvalue weighted by atomic mass is 16.2. The minimum atomic E-state index is -0.101. The van der Waals surface area contributed by atoms with Crippen molar-refractivity contribution in [1.82, 2.24) is 4.90 Å². The van der Waals surface area contributed by atoms with Gasteiger partial charge in [0, 0.05) is 26.6 Å². The standard InChI is InChI=1S/C18H25N3O2/c1-20(13-14-7-2-3-8-14)18(23)19-15-9-4-5-10-16(15)21-12-6-11-17(21)22/h4-5,9-10,14H,2-3,6-8,11-13H2,1H3,(H,19,23). The van der Waals surface area contributed by atoms with Crippen molar-refractivity contribution in [3.05, 3.63) is 24.3 Å². The number of para-hydroxylation sites is 2. The fourth-order valence-electron chi connectivity index (χ4n) is 3.59. The van der Waals surface area contributed by atoms with Crippen LogP contribution in [0.5, 0.6) is 0 Å². The number of benzene rings is 1. The van der Waals surface area contributed by atoms with E-state index in [1.54, 1.807) is 9.80 Å². The lowest BCUT2D eigenvalue weighted by atomic mass is 10.1. The number of carbonyl (C=O) groups is 2. The van der Waals surface area contributed by atoms with Gasteiger partial charge < -0.3 is 15.1 Å². The van der Waals surface area contributed by atoms with Gasteiger partial charge in [0.2, 0.25) is 5.91 Å². The molecule has 124 valence electrons. The molecule has 23 heavy (non-hydrogen) atoms. The summed E-state index contributed by atoms with van der Waals surface area (Å²) in [6, 6.07) is 7.45. The summed E-state index contributed by atoms with van der Waals surface area (Å²) in [6.07, 6.45) is 6.46. The van der Waals surface area contributed by atoms with E-state index in [1.165, 1.54) is 25.7 Å². The number of amides is 3. The lowest BCUT2D eigenvalue weighted by Crippen LogP contribution is -2.35. The van der Waals surface area contributed by atoms with E-state index < -0.39 is 0 Å². The number of hydrogen-bond acceptors (Lipinski definition) is 2. The molecule has 1 heterocycles. The molecule has 1 aliphatic heterocycles. The summed E-state index contributed by atoms with van der Waals surface area (Å²) in [5.41, 5.74) is 1.52. The third kappa shape index (κ3) is 3.66. The Bertz CT molecular complexity index is 581. The van der Waals surface area contributed by atoms with E-state index in [9.17, 15) is 9.59 Å². The third-order valence-corrected chi connectivity index (χ3v) is 4.86. The predicted octanol–water partition coefficient (Wildman–Crippen LogP) is 3.47. The van der Waals surface area contributed by atoms with Crippen LogP contribution < -0.4 is 10.2 Å². The quantitative estimate of drug-likeness (QED) is 0.925. The van der Waals surface area contributed by atoms with Gasteiger partial charge in [-0.3, -0.25) is 4.79 Å². The molecule has 5 nitrogen and oxygen atoms in total. The second-order valence-electron chi connectivity index (χ2n) is 6.63. The number of urea groups is 1. The first-order valence-corrected chi connectivity index (χ1v) is 8.56. The van der Waals surface area contributed by atoms with E-state index in [0.717, 1.165) is 25.2 Å². The minimum absolute atomic E-state index is 0.101. The van der Waals surface area contributed by atoms with Gasteiger partial charge in [-0.05, 0) is 37.3 Å². The van der Waals surface area contributed by atoms with Crippen molar-refractivity contribution in [2.75, 3.05) is 30.4 Å². The number of nitrogens with one attached hydrogen (secondary N) is 1. The zero-order valence-electron chi connectivity index (χ0n) is 13.8. The van der Waals surface area contributed by atoms with Crippen LogP contribution in [0.2, 0.25) is 0 Å². The highest BCUT2D eigenvalue weighted by Gasteiger charge is 2.25. The van der Waals surface area contributed by atoms with Crippen LogP contribution in [-0.4, -0.2) is 37.0 Å². The van der Waals surface area contributed by atoms with Crippen molar-refractivity contribution in [2.24, 2.45) is 5.92 Å². The Kier molecular flexibility index (Phi) is 4.84. The summed E-state index contributed by atoms with van der Waals surface area (Å²) in [7, 11) is 1.84. The van der Waals surface area contributed by atoms with Crippen molar-refractivity contribution in [3.63, 3.8) is 0 Å². The molecule has 1 N–H and O–H groups in total. The number of anilines is 2. The van der Waals surface area contributed by atoms with Crippen LogP contribution in [0.15, 0.2) is 24.3 Å². The van der Waals surface area contributed by atoms with E-state index in [1.807, 2.05) is 31.3 Å². The summed E-state index contributed by atoms with van der Waals surface area (Å²) in [4.78, 5) is 28.0. The predicted molar refractivity (Wildman–Crippen MR) is 91.6 cm³/mol. The van der Waals surface area contributed by atoms with E-state index >= 15 is 0 Å². The molecule has 1 aromatic rings. The summed E-state index contributed by atoms with van der Waals surface area (Å²) >= 11 is 0. The largest absolute Gasteiger partial charge is 0.327 e. The van der Waals surface area contributed by atoms with Gasteiger partial charge in [0.1, 0.15) is 0 Å². The third-order valence-electron chi connectivity index (χ3n) is 4.86. The molecule has 0 bridgehead atoms. The molecule has 0 unspecified atom stereocenters.